The van der Waals surface area contributed by atoms with Crippen LogP contribution in [0.1, 0.15) is 25.0 Å². The molecular weight excluding hydrogens is 234 g/mol. The molecule has 0 radical (unpaired) electrons. The van der Waals surface area contributed by atoms with E-state index >= 15 is 0 Å². The van der Waals surface area contributed by atoms with E-state index in [1.807, 2.05) is 0 Å². The fraction of sp³-hybridized carbons (Fsp3) is 0.400. The Balaban J connectivity index is 2.08. The standard InChI is InChI=1S/C10H15N7O/c1-2-3-7-14-8(4-9(15-7)16-11)12-5-10-13-6-18-17-10/h4,6H,2-3,5,11H2,1H3,(H2,12,14,15,16). The maximum absolute atomic E-state index is 5.37. The summed E-state index contributed by atoms with van der Waals surface area (Å²) in [6, 6.07) is 1.72. The summed E-state index contributed by atoms with van der Waals surface area (Å²) in [6.45, 7) is 2.50. The van der Waals surface area contributed by atoms with Gasteiger partial charge in [-0.15, -0.1) is 0 Å². The van der Waals surface area contributed by atoms with Crippen LogP contribution in [-0.4, -0.2) is 20.1 Å². The number of nitrogens with two attached hydrogens (primary N) is 1. The second-order valence-corrected chi connectivity index (χ2v) is 3.65. The molecule has 96 valence electrons. The molecule has 0 atom stereocenters. The molecule has 0 saturated heterocycles. The summed E-state index contributed by atoms with van der Waals surface area (Å²) in [5.74, 6) is 7.91. The molecule has 2 heterocycles. The molecule has 8 heteroatoms. The van der Waals surface area contributed by atoms with Crippen LogP contribution in [0.4, 0.5) is 11.6 Å². The monoisotopic (exact) mass is 249 g/mol. The van der Waals surface area contributed by atoms with Crippen LogP contribution in [0.5, 0.6) is 0 Å². The highest BCUT2D eigenvalue weighted by Crippen LogP contribution is 2.12. The van der Waals surface area contributed by atoms with E-state index in [0.29, 0.717) is 24.0 Å². The lowest BCUT2D eigenvalue weighted by atomic mass is 10.3. The number of nitrogen functional groups attached to an aromatic ring is 1. The number of anilines is 2. The van der Waals surface area contributed by atoms with E-state index in [0.717, 1.165) is 18.7 Å². The maximum Gasteiger partial charge on any atom is 0.213 e. The van der Waals surface area contributed by atoms with Crippen molar-refractivity contribution in [1.82, 2.24) is 20.1 Å². The van der Waals surface area contributed by atoms with E-state index < -0.39 is 0 Å². The Labute approximate surface area is 104 Å². The molecule has 0 unspecified atom stereocenters. The molecule has 0 amide bonds. The van der Waals surface area contributed by atoms with Gasteiger partial charge in [0.1, 0.15) is 17.5 Å². The number of hydrogen-bond donors (Lipinski definition) is 3. The van der Waals surface area contributed by atoms with Crippen LogP contribution in [0.3, 0.4) is 0 Å². The van der Waals surface area contributed by atoms with Gasteiger partial charge in [0.25, 0.3) is 0 Å². The minimum Gasteiger partial charge on any atom is -0.362 e. The molecule has 0 aliphatic rings. The third kappa shape index (κ3) is 3.14. The Morgan fingerprint density at radius 1 is 1.28 bits per heavy atom. The van der Waals surface area contributed by atoms with Gasteiger partial charge >= 0.3 is 0 Å². The Kier molecular flexibility index (Phi) is 4.02. The Morgan fingerprint density at radius 2 is 2.11 bits per heavy atom. The highest BCUT2D eigenvalue weighted by molar-refractivity contribution is 5.46. The maximum atomic E-state index is 5.37. The van der Waals surface area contributed by atoms with Crippen molar-refractivity contribution in [3.05, 3.63) is 24.1 Å². The summed E-state index contributed by atoms with van der Waals surface area (Å²) >= 11 is 0. The topological polar surface area (TPSA) is 115 Å². The van der Waals surface area contributed by atoms with E-state index in [2.05, 4.69) is 42.3 Å². The van der Waals surface area contributed by atoms with Crippen molar-refractivity contribution in [1.29, 1.82) is 0 Å². The fourth-order valence-electron chi connectivity index (χ4n) is 1.44. The zero-order valence-corrected chi connectivity index (χ0v) is 10.1. The average Bonchev–Trinajstić information content (AvgIpc) is 2.89. The lowest BCUT2D eigenvalue weighted by Crippen LogP contribution is -2.12. The van der Waals surface area contributed by atoms with Crippen molar-refractivity contribution in [2.24, 2.45) is 5.84 Å². The Hall–Kier alpha value is -2.22. The Bertz CT molecular complexity index is 485. The van der Waals surface area contributed by atoms with Crippen molar-refractivity contribution in [2.45, 2.75) is 26.3 Å². The number of aromatic nitrogens is 4. The zero-order valence-electron chi connectivity index (χ0n) is 10.1. The first-order chi connectivity index (χ1) is 8.81. The third-order valence-corrected chi connectivity index (χ3v) is 2.23. The number of hydrazine groups is 1. The van der Waals surface area contributed by atoms with Gasteiger partial charge in [0, 0.05) is 12.5 Å². The number of rotatable bonds is 6. The molecule has 0 aliphatic carbocycles. The van der Waals surface area contributed by atoms with Gasteiger partial charge in [0.2, 0.25) is 6.39 Å². The normalized spacial score (nSPS) is 10.3. The molecule has 8 nitrogen and oxygen atoms in total. The van der Waals surface area contributed by atoms with Crippen LogP contribution >= 0.6 is 0 Å². The van der Waals surface area contributed by atoms with Crippen molar-refractivity contribution < 1.29 is 4.52 Å². The molecule has 0 spiro atoms. The van der Waals surface area contributed by atoms with E-state index in [4.69, 9.17) is 5.84 Å². The van der Waals surface area contributed by atoms with Crippen LogP contribution in [0, 0.1) is 0 Å². The summed E-state index contributed by atoms with van der Waals surface area (Å²) < 4.78 is 4.64. The number of nitrogens with zero attached hydrogens (tertiary/aromatic N) is 4. The predicted molar refractivity (Wildman–Crippen MR) is 65.5 cm³/mol. The van der Waals surface area contributed by atoms with Crippen LogP contribution in [0.15, 0.2) is 17.0 Å². The molecular formula is C10H15N7O. The van der Waals surface area contributed by atoms with E-state index in [9.17, 15) is 0 Å². The molecule has 0 bridgehead atoms. The summed E-state index contributed by atoms with van der Waals surface area (Å²) in [5, 5.41) is 6.79. The first-order valence-electron chi connectivity index (χ1n) is 5.65. The molecule has 2 aromatic rings. The van der Waals surface area contributed by atoms with Gasteiger partial charge in [-0.3, -0.25) is 0 Å². The zero-order chi connectivity index (χ0) is 12.8. The van der Waals surface area contributed by atoms with Gasteiger partial charge in [-0.2, -0.15) is 4.98 Å². The second kappa shape index (κ2) is 5.92. The highest BCUT2D eigenvalue weighted by Gasteiger charge is 2.04. The molecule has 2 aromatic heterocycles. The smallest absolute Gasteiger partial charge is 0.213 e. The minimum atomic E-state index is 0.434. The summed E-state index contributed by atoms with van der Waals surface area (Å²) in [6.07, 6.45) is 3.05. The number of aryl methyl sites for hydroxylation is 1. The lowest BCUT2D eigenvalue weighted by molar-refractivity contribution is 0.411. The lowest BCUT2D eigenvalue weighted by Gasteiger charge is -2.07. The predicted octanol–water partition coefficient (Wildman–Crippen LogP) is 0.710. The quantitative estimate of drug-likeness (QED) is 0.506. The summed E-state index contributed by atoms with van der Waals surface area (Å²) in [5.41, 5.74) is 2.52. The van der Waals surface area contributed by atoms with E-state index in [1.165, 1.54) is 6.39 Å². The molecule has 2 rings (SSSR count). The number of nitrogens with one attached hydrogen (secondary N) is 2. The van der Waals surface area contributed by atoms with E-state index in [1.54, 1.807) is 6.07 Å². The van der Waals surface area contributed by atoms with Crippen LogP contribution < -0.4 is 16.6 Å². The van der Waals surface area contributed by atoms with Gasteiger partial charge in [-0.1, -0.05) is 12.1 Å². The molecule has 0 fully saturated rings. The molecule has 0 saturated carbocycles. The van der Waals surface area contributed by atoms with Crippen molar-refractivity contribution in [3.8, 4) is 0 Å². The first kappa shape index (κ1) is 12.2. The SMILES string of the molecule is CCCc1nc(NN)cc(NCc2ncon2)n1. The van der Waals surface area contributed by atoms with Crippen LogP contribution in [-0.2, 0) is 13.0 Å². The third-order valence-electron chi connectivity index (χ3n) is 2.23. The summed E-state index contributed by atoms with van der Waals surface area (Å²) in [7, 11) is 0. The molecule has 0 aromatic carbocycles. The van der Waals surface area contributed by atoms with Gasteiger partial charge in [-0.25, -0.2) is 15.8 Å². The fourth-order valence-corrected chi connectivity index (χ4v) is 1.44. The van der Waals surface area contributed by atoms with Gasteiger partial charge in [-0.05, 0) is 6.42 Å². The minimum absolute atomic E-state index is 0.434. The molecule has 0 aliphatic heterocycles. The molecule has 4 N–H and O–H groups in total. The molecule has 18 heavy (non-hydrogen) atoms. The van der Waals surface area contributed by atoms with Crippen molar-refractivity contribution in [3.63, 3.8) is 0 Å². The average molecular weight is 249 g/mol. The first-order valence-corrected chi connectivity index (χ1v) is 5.65. The summed E-state index contributed by atoms with van der Waals surface area (Å²) in [4.78, 5) is 12.5. The van der Waals surface area contributed by atoms with E-state index in [-0.39, 0.29) is 0 Å². The van der Waals surface area contributed by atoms with Gasteiger partial charge < -0.3 is 15.3 Å². The largest absolute Gasteiger partial charge is 0.362 e. The van der Waals surface area contributed by atoms with Crippen LogP contribution in [0.2, 0.25) is 0 Å². The van der Waals surface area contributed by atoms with Crippen LogP contribution in [0.25, 0.3) is 0 Å². The highest BCUT2D eigenvalue weighted by atomic mass is 16.5. The van der Waals surface area contributed by atoms with Crippen molar-refractivity contribution >= 4 is 11.6 Å². The van der Waals surface area contributed by atoms with Crippen molar-refractivity contribution in [2.75, 3.05) is 10.7 Å². The van der Waals surface area contributed by atoms with Gasteiger partial charge in [0.15, 0.2) is 5.82 Å². The van der Waals surface area contributed by atoms with Gasteiger partial charge in [0.05, 0.1) is 6.54 Å². The number of hydrogen-bond acceptors (Lipinski definition) is 8. The second-order valence-electron chi connectivity index (χ2n) is 3.65. The Morgan fingerprint density at radius 3 is 2.78 bits per heavy atom.